The van der Waals surface area contributed by atoms with Gasteiger partial charge in [0.05, 0.1) is 11.0 Å². The topological polar surface area (TPSA) is 43.8 Å². The molecule has 2 N–H and O–H groups in total. The van der Waals surface area contributed by atoms with E-state index in [0.29, 0.717) is 0 Å². The van der Waals surface area contributed by atoms with Gasteiger partial charge in [-0.25, -0.2) is 4.98 Å². The van der Waals surface area contributed by atoms with Crippen molar-refractivity contribution in [3.05, 3.63) is 59.4 Å². The number of aromatic nitrogens is 2. The molecule has 0 amide bonds. The number of benzene rings is 2. The smallest absolute Gasteiger partial charge is 0.107 e. The van der Waals surface area contributed by atoms with Gasteiger partial charge in [-0.3, -0.25) is 0 Å². The maximum absolute atomic E-state index is 5.81. The SMILES string of the molecule is Cc1cccc(Cn2c(C)nc3cc(N)ccc32)c1. The molecule has 0 saturated carbocycles. The van der Waals surface area contributed by atoms with Crippen molar-refractivity contribution in [3.8, 4) is 0 Å². The molecule has 3 rings (SSSR count). The van der Waals surface area contributed by atoms with E-state index >= 15 is 0 Å². The molecule has 2 aromatic carbocycles. The van der Waals surface area contributed by atoms with Crippen LogP contribution in [0.25, 0.3) is 11.0 Å². The molecule has 1 aromatic heterocycles. The summed E-state index contributed by atoms with van der Waals surface area (Å²) < 4.78 is 2.23. The first-order valence-corrected chi connectivity index (χ1v) is 6.41. The molecule has 0 aliphatic heterocycles. The summed E-state index contributed by atoms with van der Waals surface area (Å²) in [5, 5.41) is 0. The van der Waals surface area contributed by atoms with Crippen molar-refractivity contribution in [2.24, 2.45) is 0 Å². The van der Waals surface area contributed by atoms with Crippen molar-refractivity contribution < 1.29 is 0 Å². The minimum Gasteiger partial charge on any atom is -0.399 e. The van der Waals surface area contributed by atoms with E-state index in [1.165, 1.54) is 11.1 Å². The number of nitrogen functional groups attached to an aromatic ring is 1. The van der Waals surface area contributed by atoms with Crippen LogP contribution in [0.1, 0.15) is 17.0 Å². The van der Waals surface area contributed by atoms with Crippen molar-refractivity contribution in [1.29, 1.82) is 0 Å². The largest absolute Gasteiger partial charge is 0.399 e. The second-order valence-corrected chi connectivity index (χ2v) is 4.98. The molecular formula is C16H17N3. The Hall–Kier alpha value is -2.29. The van der Waals surface area contributed by atoms with Gasteiger partial charge < -0.3 is 10.3 Å². The number of fused-ring (bicyclic) bond motifs is 1. The van der Waals surface area contributed by atoms with Crippen LogP contribution >= 0.6 is 0 Å². The number of anilines is 1. The number of hydrogen-bond acceptors (Lipinski definition) is 2. The summed E-state index contributed by atoms with van der Waals surface area (Å²) >= 11 is 0. The van der Waals surface area contributed by atoms with Crippen LogP contribution in [0.4, 0.5) is 5.69 Å². The highest BCUT2D eigenvalue weighted by Gasteiger charge is 2.08. The lowest BCUT2D eigenvalue weighted by molar-refractivity contribution is 0.785. The molecular weight excluding hydrogens is 234 g/mol. The van der Waals surface area contributed by atoms with Crippen LogP contribution in [0, 0.1) is 13.8 Å². The minimum atomic E-state index is 0.757. The van der Waals surface area contributed by atoms with Crippen molar-refractivity contribution in [2.75, 3.05) is 5.73 Å². The highest BCUT2D eigenvalue weighted by atomic mass is 15.1. The number of nitrogens with zero attached hydrogens (tertiary/aromatic N) is 2. The predicted molar refractivity (Wildman–Crippen MR) is 79.2 cm³/mol. The standard InChI is InChI=1S/C16H17N3/c1-11-4-3-5-13(8-11)10-19-12(2)18-15-9-14(17)6-7-16(15)19/h3-9H,10,17H2,1-2H3. The summed E-state index contributed by atoms with van der Waals surface area (Å²) in [5.74, 6) is 1.02. The van der Waals surface area contributed by atoms with Crippen LogP contribution in [0.3, 0.4) is 0 Å². The zero-order valence-corrected chi connectivity index (χ0v) is 11.2. The van der Waals surface area contributed by atoms with Gasteiger partial charge in [0.25, 0.3) is 0 Å². The zero-order valence-electron chi connectivity index (χ0n) is 11.2. The third kappa shape index (κ3) is 2.19. The predicted octanol–water partition coefficient (Wildman–Crippen LogP) is 3.28. The van der Waals surface area contributed by atoms with Gasteiger partial charge in [-0.1, -0.05) is 29.8 Å². The van der Waals surface area contributed by atoms with Crippen molar-refractivity contribution in [1.82, 2.24) is 9.55 Å². The normalized spacial score (nSPS) is 11.1. The van der Waals surface area contributed by atoms with Crippen LogP contribution in [-0.2, 0) is 6.54 Å². The summed E-state index contributed by atoms with van der Waals surface area (Å²) in [4.78, 5) is 4.58. The average Bonchev–Trinajstić information content (AvgIpc) is 2.65. The number of imidazole rings is 1. The summed E-state index contributed by atoms with van der Waals surface area (Å²) in [7, 11) is 0. The summed E-state index contributed by atoms with van der Waals surface area (Å²) in [6.07, 6.45) is 0. The van der Waals surface area contributed by atoms with Gasteiger partial charge >= 0.3 is 0 Å². The molecule has 0 aliphatic rings. The first-order chi connectivity index (χ1) is 9.13. The summed E-state index contributed by atoms with van der Waals surface area (Å²) in [5.41, 5.74) is 11.2. The maximum atomic E-state index is 5.81. The monoisotopic (exact) mass is 251 g/mol. The molecule has 0 radical (unpaired) electrons. The van der Waals surface area contributed by atoms with E-state index in [1.54, 1.807) is 0 Å². The lowest BCUT2D eigenvalue weighted by Gasteiger charge is -2.08. The molecule has 0 atom stereocenters. The molecule has 3 nitrogen and oxygen atoms in total. The average molecular weight is 251 g/mol. The second kappa shape index (κ2) is 4.43. The van der Waals surface area contributed by atoms with Gasteiger partial charge in [0, 0.05) is 12.2 Å². The Morgan fingerprint density at radius 3 is 2.74 bits per heavy atom. The molecule has 3 aromatic rings. The third-order valence-electron chi connectivity index (χ3n) is 3.39. The van der Waals surface area contributed by atoms with E-state index in [1.807, 2.05) is 25.1 Å². The maximum Gasteiger partial charge on any atom is 0.107 e. The number of aryl methyl sites for hydroxylation is 2. The minimum absolute atomic E-state index is 0.757. The molecule has 0 unspecified atom stereocenters. The fourth-order valence-electron chi connectivity index (χ4n) is 2.46. The molecule has 0 spiro atoms. The fourth-order valence-corrected chi connectivity index (χ4v) is 2.46. The first-order valence-electron chi connectivity index (χ1n) is 6.41. The molecule has 0 aliphatic carbocycles. The molecule has 0 bridgehead atoms. The molecule has 96 valence electrons. The fraction of sp³-hybridized carbons (Fsp3) is 0.188. The van der Waals surface area contributed by atoms with E-state index < -0.39 is 0 Å². The van der Waals surface area contributed by atoms with Crippen molar-refractivity contribution in [2.45, 2.75) is 20.4 Å². The van der Waals surface area contributed by atoms with E-state index in [9.17, 15) is 0 Å². The lowest BCUT2D eigenvalue weighted by Crippen LogP contribution is -2.02. The van der Waals surface area contributed by atoms with Crippen LogP contribution in [0.2, 0.25) is 0 Å². The van der Waals surface area contributed by atoms with Crippen molar-refractivity contribution >= 4 is 16.7 Å². The molecule has 0 saturated heterocycles. The molecule has 19 heavy (non-hydrogen) atoms. The van der Waals surface area contributed by atoms with Crippen LogP contribution in [0.5, 0.6) is 0 Å². The van der Waals surface area contributed by atoms with Crippen LogP contribution in [-0.4, -0.2) is 9.55 Å². The Balaban J connectivity index is 2.07. The Kier molecular flexibility index (Phi) is 2.75. The number of hydrogen-bond donors (Lipinski definition) is 1. The molecule has 0 fully saturated rings. The Morgan fingerprint density at radius 2 is 1.95 bits per heavy atom. The van der Waals surface area contributed by atoms with Gasteiger partial charge in [0.1, 0.15) is 5.82 Å². The van der Waals surface area contributed by atoms with E-state index in [-0.39, 0.29) is 0 Å². The molecule has 3 heteroatoms. The summed E-state index contributed by atoms with van der Waals surface area (Å²) in [6.45, 7) is 4.99. The first kappa shape index (κ1) is 11.8. The van der Waals surface area contributed by atoms with Gasteiger partial charge in [-0.05, 0) is 37.6 Å². The van der Waals surface area contributed by atoms with E-state index in [0.717, 1.165) is 29.1 Å². The number of rotatable bonds is 2. The van der Waals surface area contributed by atoms with Gasteiger partial charge in [-0.15, -0.1) is 0 Å². The highest BCUT2D eigenvalue weighted by molar-refractivity contribution is 5.79. The zero-order chi connectivity index (χ0) is 13.4. The lowest BCUT2D eigenvalue weighted by atomic mass is 10.1. The van der Waals surface area contributed by atoms with Gasteiger partial charge in [-0.2, -0.15) is 0 Å². The third-order valence-corrected chi connectivity index (χ3v) is 3.39. The Morgan fingerprint density at radius 1 is 1.11 bits per heavy atom. The van der Waals surface area contributed by atoms with Crippen LogP contribution < -0.4 is 5.73 Å². The van der Waals surface area contributed by atoms with Gasteiger partial charge in [0.2, 0.25) is 0 Å². The summed E-state index contributed by atoms with van der Waals surface area (Å²) in [6, 6.07) is 14.5. The van der Waals surface area contributed by atoms with Crippen molar-refractivity contribution in [3.63, 3.8) is 0 Å². The quantitative estimate of drug-likeness (QED) is 0.710. The Labute approximate surface area is 112 Å². The Bertz CT molecular complexity index is 741. The van der Waals surface area contributed by atoms with Gasteiger partial charge in [0.15, 0.2) is 0 Å². The van der Waals surface area contributed by atoms with E-state index in [4.69, 9.17) is 5.73 Å². The van der Waals surface area contributed by atoms with Crippen LogP contribution in [0.15, 0.2) is 42.5 Å². The molecule has 1 heterocycles. The van der Waals surface area contributed by atoms with E-state index in [2.05, 4.69) is 40.7 Å². The highest BCUT2D eigenvalue weighted by Crippen LogP contribution is 2.20. The second-order valence-electron chi connectivity index (χ2n) is 4.98. The number of nitrogens with two attached hydrogens (primary N) is 1.